The first kappa shape index (κ1) is 45.6. The summed E-state index contributed by atoms with van der Waals surface area (Å²) in [5, 5.41) is 32.8. The molecule has 16 heteroatoms. The van der Waals surface area contributed by atoms with E-state index in [2.05, 4.69) is 30.9 Å². The fraction of sp³-hybridized carbons (Fsp3) is 0.211. The van der Waals surface area contributed by atoms with Crippen LogP contribution in [0, 0.1) is 20.8 Å². The fourth-order valence-electron chi connectivity index (χ4n) is 4.24. The van der Waals surface area contributed by atoms with Crippen LogP contribution in [0.2, 0.25) is 0 Å². The number of aromatic carboxylic acids is 1. The molecule has 284 valence electrons. The second-order valence-corrected chi connectivity index (χ2v) is 14.5. The summed E-state index contributed by atoms with van der Waals surface area (Å²) in [4.78, 5) is 45.4. The van der Waals surface area contributed by atoms with Gasteiger partial charge in [0.15, 0.2) is 21.0 Å². The minimum atomic E-state index is -1.35. The Morgan fingerprint density at radius 2 is 1.06 bits per heavy atom. The Morgan fingerprint density at radius 1 is 0.648 bits per heavy atom. The Hall–Kier alpha value is -4.58. The van der Waals surface area contributed by atoms with Crippen LogP contribution in [0.5, 0.6) is 0 Å². The van der Waals surface area contributed by atoms with Crippen LogP contribution < -0.4 is 5.46 Å². The summed E-state index contributed by atoms with van der Waals surface area (Å²) in [5.41, 5.74) is 6.64. The first-order valence-electron chi connectivity index (χ1n) is 16.0. The maximum atomic E-state index is 11.5. The third kappa shape index (κ3) is 14.0. The van der Waals surface area contributed by atoms with Crippen LogP contribution in [0.1, 0.15) is 69.4 Å². The number of carbonyl (C=O) groups is 3. The van der Waals surface area contributed by atoms with Crippen LogP contribution in [-0.4, -0.2) is 68.3 Å². The third-order valence-corrected chi connectivity index (χ3v) is 10.0. The van der Waals surface area contributed by atoms with Gasteiger partial charge in [-0.3, -0.25) is 0 Å². The smallest absolute Gasteiger partial charge is 0.476 e. The predicted molar refractivity (Wildman–Crippen MR) is 221 cm³/mol. The Kier molecular flexibility index (Phi) is 19.6. The molecule has 0 aliphatic rings. The zero-order valence-corrected chi connectivity index (χ0v) is 33.5. The van der Waals surface area contributed by atoms with E-state index in [1.807, 2.05) is 81.4 Å². The van der Waals surface area contributed by atoms with Gasteiger partial charge in [-0.05, 0) is 67.1 Å². The molecule has 0 saturated heterocycles. The van der Waals surface area contributed by atoms with E-state index in [0.717, 1.165) is 37.8 Å². The summed E-state index contributed by atoms with van der Waals surface area (Å²) in [5.74, 6) is -1.70. The van der Waals surface area contributed by atoms with Gasteiger partial charge >= 0.3 is 25.0 Å². The van der Waals surface area contributed by atoms with Gasteiger partial charge in [0.2, 0.25) is 0 Å². The van der Waals surface area contributed by atoms with Crippen molar-refractivity contribution < 1.29 is 39.0 Å². The van der Waals surface area contributed by atoms with Crippen molar-refractivity contribution in [3.8, 4) is 21.1 Å². The number of thiazole rings is 3. The summed E-state index contributed by atoms with van der Waals surface area (Å²) < 4.78 is 10.3. The maximum absolute atomic E-state index is 11.5. The SMILES string of the molecule is C.CCOC(=O)c1csc(-c2ccccc2C)n1.CCOC(=O)c1csc(Br)n1.Cc1ccccc1-c1nc(C(=O)O)cs1.Cc1ccccc1B(O)O. The first-order chi connectivity index (χ1) is 25.4. The predicted octanol–water partition coefficient (Wildman–Crippen LogP) is 8.51. The summed E-state index contributed by atoms with van der Waals surface area (Å²) in [6.07, 6.45) is 0. The number of nitrogens with zero attached hydrogens (tertiary/aromatic N) is 3. The Morgan fingerprint density at radius 3 is 1.43 bits per heavy atom. The highest BCUT2D eigenvalue weighted by molar-refractivity contribution is 9.11. The van der Waals surface area contributed by atoms with Gasteiger partial charge in [-0.2, -0.15) is 0 Å². The zero-order valence-electron chi connectivity index (χ0n) is 29.5. The molecule has 6 aromatic rings. The average Bonchev–Trinajstić information content (AvgIpc) is 3.92. The van der Waals surface area contributed by atoms with Crippen LogP contribution in [-0.2, 0) is 9.47 Å². The van der Waals surface area contributed by atoms with Crippen LogP contribution in [0.15, 0.2) is 92.9 Å². The average molecular weight is 855 g/mol. The van der Waals surface area contributed by atoms with Crippen molar-refractivity contribution in [1.29, 1.82) is 0 Å². The van der Waals surface area contributed by atoms with Gasteiger partial charge in [0, 0.05) is 27.3 Å². The number of hydrogen-bond acceptors (Lipinski definition) is 13. The van der Waals surface area contributed by atoms with Gasteiger partial charge in [0.25, 0.3) is 0 Å². The molecular formula is C38H41BBrN3O8S3. The molecule has 54 heavy (non-hydrogen) atoms. The number of rotatable bonds is 8. The molecule has 0 radical (unpaired) electrons. The molecule has 3 N–H and O–H groups in total. The number of esters is 2. The third-order valence-electron chi connectivity index (χ3n) is 6.89. The molecule has 11 nitrogen and oxygen atoms in total. The number of ether oxygens (including phenoxy) is 2. The van der Waals surface area contributed by atoms with Crippen molar-refractivity contribution in [2.24, 2.45) is 0 Å². The Bertz CT molecular complexity index is 2100. The Balaban J connectivity index is 0.000000253. The van der Waals surface area contributed by atoms with Crippen molar-refractivity contribution in [3.05, 3.63) is 127 Å². The van der Waals surface area contributed by atoms with Gasteiger partial charge in [0.1, 0.15) is 10.0 Å². The summed E-state index contributed by atoms with van der Waals surface area (Å²) in [7, 11) is -1.35. The quantitative estimate of drug-likeness (QED) is 0.0992. The highest BCUT2D eigenvalue weighted by atomic mass is 79.9. The number of hydrogen-bond donors (Lipinski definition) is 3. The normalized spacial score (nSPS) is 9.78. The molecule has 0 aliphatic heterocycles. The van der Waals surface area contributed by atoms with Gasteiger partial charge in [0.05, 0.1) is 13.2 Å². The van der Waals surface area contributed by atoms with E-state index in [1.165, 1.54) is 34.0 Å². The number of halogens is 1. The second-order valence-electron chi connectivity index (χ2n) is 10.7. The van der Waals surface area contributed by atoms with E-state index in [1.54, 1.807) is 42.1 Å². The summed E-state index contributed by atoms with van der Waals surface area (Å²) >= 11 is 7.33. The maximum Gasteiger partial charge on any atom is 0.488 e. The molecule has 3 aromatic heterocycles. The lowest BCUT2D eigenvalue weighted by atomic mass is 9.77. The van der Waals surface area contributed by atoms with E-state index < -0.39 is 13.1 Å². The van der Waals surface area contributed by atoms with Gasteiger partial charge in [-0.15, -0.1) is 34.0 Å². The molecule has 3 aromatic carbocycles. The second kappa shape index (κ2) is 23.3. The molecule has 3 heterocycles. The van der Waals surface area contributed by atoms with Crippen LogP contribution in [0.25, 0.3) is 21.1 Å². The fourth-order valence-corrected chi connectivity index (χ4v) is 6.99. The number of benzene rings is 3. The number of aryl methyl sites for hydroxylation is 3. The lowest BCUT2D eigenvalue weighted by molar-refractivity contribution is 0.0511. The molecule has 0 spiro atoms. The Labute approximate surface area is 335 Å². The highest BCUT2D eigenvalue weighted by Gasteiger charge is 2.14. The van der Waals surface area contributed by atoms with E-state index >= 15 is 0 Å². The molecule has 0 atom stereocenters. The van der Waals surface area contributed by atoms with E-state index in [9.17, 15) is 14.4 Å². The standard InChI is InChI=1S/C13H13NO2S.C11H9NO2S.C7H9BO2.C6H6BrNO2S.CH4/c1-3-16-13(15)11-8-17-12(14-11)10-7-5-4-6-9(10)2;1-7-4-2-3-5-8(7)10-12-9(6-15-10)11(13)14;1-6-4-2-3-5-7(6)8(9)10;1-2-10-5(9)4-3-11-6(7)8-4;/h4-8H,3H2,1-2H3;2-6H,1H3,(H,13,14);2-5,9-10H,1H3;3H,2H2,1H3;1H4. The molecule has 6 rings (SSSR count). The molecule has 0 saturated carbocycles. The topological polar surface area (TPSA) is 169 Å². The van der Waals surface area contributed by atoms with Crippen LogP contribution >= 0.6 is 49.9 Å². The summed E-state index contributed by atoms with van der Waals surface area (Å²) in [6.45, 7) is 10.2. The summed E-state index contributed by atoms with van der Waals surface area (Å²) in [6, 6.07) is 23.0. The minimum absolute atomic E-state index is 0. The number of aromatic nitrogens is 3. The van der Waals surface area contributed by atoms with Crippen molar-refractivity contribution >= 4 is 80.4 Å². The van der Waals surface area contributed by atoms with Crippen LogP contribution in [0.4, 0.5) is 0 Å². The van der Waals surface area contributed by atoms with Crippen LogP contribution in [0.3, 0.4) is 0 Å². The first-order valence-corrected chi connectivity index (χ1v) is 19.4. The minimum Gasteiger partial charge on any atom is -0.476 e. The van der Waals surface area contributed by atoms with E-state index in [-0.39, 0.29) is 25.1 Å². The van der Waals surface area contributed by atoms with E-state index in [4.69, 9.17) is 24.6 Å². The molecule has 0 aliphatic carbocycles. The van der Waals surface area contributed by atoms with E-state index in [0.29, 0.717) is 34.0 Å². The van der Waals surface area contributed by atoms with Crippen molar-refractivity contribution in [2.45, 2.75) is 42.0 Å². The van der Waals surface area contributed by atoms with Gasteiger partial charge < -0.3 is 24.6 Å². The van der Waals surface area contributed by atoms with Crippen molar-refractivity contribution in [3.63, 3.8) is 0 Å². The van der Waals surface area contributed by atoms with Crippen molar-refractivity contribution in [2.75, 3.05) is 13.2 Å². The molecule has 0 bridgehead atoms. The molecule has 0 amide bonds. The monoisotopic (exact) mass is 853 g/mol. The number of carboxylic acids is 1. The highest BCUT2D eigenvalue weighted by Crippen LogP contribution is 2.27. The molecular weight excluding hydrogens is 813 g/mol. The zero-order chi connectivity index (χ0) is 38.9. The largest absolute Gasteiger partial charge is 0.488 e. The lowest BCUT2D eigenvalue weighted by Crippen LogP contribution is -2.31. The molecule has 0 fully saturated rings. The van der Waals surface area contributed by atoms with Gasteiger partial charge in [-0.25, -0.2) is 29.3 Å². The number of carbonyl (C=O) groups excluding carboxylic acids is 2. The molecule has 0 unspecified atom stereocenters. The van der Waals surface area contributed by atoms with Crippen molar-refractivity contribution in [1.82, 2.24) is 15.0 Å². The number of carboxylic acid groups (broad SMARTS) is 1. The lowest BCUT2D eigenvalue weighted by Gasteiger charge is -2.01. The van der Waals surface area contributed by atoms with Gasteiger partial charge in [-0.1, -0.05) is 85.8 Å².